The van der Waals surface area contributed by atoms with E-state index in [1.54, 1.807) is 6.07 Å². The molecule has 1 fully saturated rings. The minimum atomic E-state index is -0.714. The topological polar surface area (TPSA) is 106 Å². The molecule has 2 heterocycles. The molecule has 1 aliphatic heterocycles. The molecular formula is C21H17F2N5O4S. The number of hydrogen-bond acceptors (Lipinski definition) is 7. The van der Waals surface area contributed by atoms with E-state index in [1.807, 2.05) is 0 Å². The lowest BCUT2D eigenvalue weighted by Gasteiger charge is -2.12. The average Bonchev–Trinajstić information content (AvgIpc) is 3.43. The van der Waals surface area contributed by atoms with E-state index in [0.29, 0.717) is 12.2 Å². The van der Waals surface area contributed by atoms with Crippen LogP contribution in [0.4, 0.5) is 13.6 Å². The van der Waals surface area contributed by atoms with Crippen molar-refractivity contribution in [2.75, 3.05) is 25.4 Å². The Morgan fingerprint density at radius 1 is 1.09 bits per heavy atom. The Kier molecular flexibility index (Phi) is 6.63. The van der Waals surface area contributed by atoms with Crippen molar-refractivity contribution in [2.45, 2.75) is 5.16 Å². The summed E-state index contributed by atoms with van der Waals surface area (Å²) >= 11 is 0.954. The first kappa shape index (κ1) is 22.4. The van der Waals surface area contributed by atoms with Crippen molar-refractivity contribution in [3.8, 4) is 17.1 Å². The average molecular weight is 473 g/mol. The number of thioether (sulfide) groups is 1. The lowest BCUT2D eigenvalue weighted by Crippen LogP contribution is -2.37. The molecule has 0 aliphatic carbocycles. The zero-order chi connectivity index (χ0) is 23.4. The minimum absolute atomic E-state index is 0.172. The molecule has 12 heteroatoms. The Balaban J connectivity index is 1.50. The summed E-state index contributed by atoms with van der Waals surface area (Å²) in [7, 11) is 0. The summed E-state index contributed by atoms with van der Waals surface area (Å²) in [5.74, 6) is -2.36. The highest BCUT2D eigenvalue weighted by molar-refractivity contribution is 7.99. The molecule has 3 amide bonds. The maximum Gasteiger partial charge on any atom is 0.324 e. The molecule has 1 aliphatic rings. The van der Waals surface area contributed by atoms with Crippen LogP contribution in [-0.4, -0.2) is 63.0 Å². The van der Waals surface area contributed by atoms with E-state index in [0.717, 1.165) is 16.7 Å². The molecular weight excluding hydrogens is 456 g/mol. The van der Waals surface area contributed by atoms with Crippen LogP contribution in [0.2, 0.25) is 0 Å². The van der Waals surface area contributed by atoms with E-state index in [-0.39, 0.29) is 28.8 Å². The number of hydrogen-bond donors (Lipinski definition) is 1. The second-order valence-corrected chi connectivity index (χ2v) is 7.77. The van der Waals surface area contributed by atoms with E-state index in [9.17, 15) is 23.2 Å². The third-order valence-corrected chi connectivity index (χ3v) is 5.57. The number of urea groups is 1. The summed E-state index contributed by atoms with van der Waals surface area (Å²) in [5.41, 5.74) is 0.643. The molecule has 2 aromatic carbocycles. The van der Waals surface area contributed by atoms with Gasteiger partial charge in [-0.1, -0.05) is 23.9 Å². The lowest BCUT2D eigenvalue weighted by atomic mass is 10.2. The standard InChI is InChI=1S/C21H17F2N5O4S/c22-13-5-7-14(8-6-13)28-19(15-3-1-2-4-16(15)23)25-26-21(28)33-12-18(30)32-11-17(29)27-10-9-24-20(27)31/h1-8H,9-12H2,(H,24,31). The molecule has 33 heavy (non-hydrogen) atoms. The number of imide groups is 1. The highest BCUT2D eigenvalue weighted by Gasteiger charge is 2.27. The highest BCUT2D eigenvalue weighted by atomic mass is 32.2. The zero-order valence-corrected chi connectivity index (χ0v) is 17.8. The number of benzene rings is 2. The molecule has 0 radical (unpaired) electrons. The van der Waals surface area contributed by atoms with Crippen molar-refractivity contribution < 1.29 is 27.9 Å². The Morgan fingerprint density at radius 2 is 1.85 bits per heavy atom. The molecule has 1 saturated heterocycles. The summed E-state index contributed by atoms with van der Waals surface area (Å²) in [5, 5.41) is 10.8. The summed E-state index contributed by atoms with van der Waals surface area (Å²) in [4.78, 5) is 36.6. The van der Waals surface area contributed by atoms with Gasteiger partial charge in [-0.25, -0.2) is 13.6 Å². The summed E-state index contributed by atoms with van der Waals surface area (Å²) in [6, 6.07) is 10.9. The van der Waals surface area contributed by atoms with Gasteiger partial charge in [0.1, 0.15) is 11.6 Å². The molecule has 0 bridgehead atoms. The lowest BCUT2D eigenvalue weighted by molar-refractivity contribution is -0.148. The molecule has 4 rings (SSSR count). The fraction of sp³-hybridized carbons (Fsp3) is 0.190. The van der Waals surface area contributed by atoms with Crippen molar-refractivity contribution >= 4 is 29.7 Å². The number of carbonyl (C=O) groups is 3. The van der Waals surface area contributed by atoms with Crippen molar-refractivity contribution in [2.24, 2.45) is 0 Å². The van der Waals surface area contributed by atoms with Crippen LogP contribution in [0.1, 0.15) is 0 Å². The van der Waals surface area contributed by atoms with Crippen LogP contribution in [0.15, 0.2) is 53.7 Å². The number of ether oxygens (including phenoxy) is 1. The number of aromatic nitrogens is 3. The van der Waals surface area contributed by atoms with Crippen molar-refractivity contribution in [3.63, 3.8) is 0 Å². The first-order valence-corrected chi connectivity index (χ1v) is 10.8. The van der Waals surface area contributed by atoms with Crippen LogP contribution in [0.3, 0.4) is 0 Å². The van der Waals surface area contributed by atoms with Crippen LogP contribution in [0, 0.1) is 11.6 Å². The molecule has 0 spiro atoms. The Morgan fingerprint density at radius 3 is 2.55 bits per heavy atom. The third kappa shape index (κ3) is 5.00. The Hall–Kier alpha value is -3.80. The third-order valence-electron chi connectivity index (χ3n) is 4.67. The van der Waals surface area contributed by atoms with Crippen molar-refractivity contribution in [1.82, 2.24) is 25.0 Å². The largest absolute Gasteiger partial charge is 0.455 e. The first-order chi connectivity index (χ1) is 15.9. The summed E-state index contributed by atoms with van der Waals surface area (Å²) < 4.78 is 34.3. The van der Waals surface area contributed by atoms with Gasteiger partial charge in [0.2, 0.25) is 0 Å². The van der Waals surface area contributed by atoms with E-state index in [2.05, 4.69) is 15.5 Å². The van der Waals surface area contributed by atoms with Gasteiger partial charge >= 0.3 is 12.0 Å². The normalized spacial score (nSPS) is 13.2. The minimum Gasteiger partial charge on any atom is -0.455 e. The van der Waals surface area contributed by atoms with Crippen molar-refractivity contribution in [1.29, 1.82) is 0 Å². The number of amides is 3. The molecule has 1 N–H and O–H groups in total. The SMILES string of the molecule is O=C(CSc1nnc(-c2ccccc2F)n1-c1ccc(F)cc1)OCC(=O)N1CCNC1=O. The second kappa shape index (κ2) is 9.77. The number of carbonyl (C=O) groups excluding carboxylic acids is 3. The fourth-order valence-corrected chi connectivity index (χ4v) is 3.85. The van der Waals surface area contributed by atoms with Gasteiger partial charge in [-0.05, 0) is 36.4 Å². The maximum absolute atomic E-state index is 14.4. The summed E-state index contributed by atoms with van der Waals surface area (Å²) in [6.07, 6.45) is 0. The van der Waals surface area contributed by atoms with E-state index >= 15 is 0 Å². The predicted molar refractivity (Wildman–Crippen MR) is 114 cm³/mol. The van der Waals surface area contributed by atoms with Crippen molar-refractivity contribution in [3.05, 3.63) is 60.2 Å². The van der Waals surface area contributed by atoms with Gasteiger partial charge in [-0.15, -0.1) is 10.2 Å². The van der Waals surface area contributed by atoms with Crippen LogP contribution in [0.25, 0.3) is 17.1 Å². The molecule has 9 nitrogen and oxygen atoms in total. The van der Waals surface area contributed by atoms with E-state index < -0.39 is 36.1 Å². The van der Waals surface area contributed by atoms with Gasteiger partial charge in [-0.3, -0.25) is 19.1 Å². The van der Waals surface area contributed by atoms with E-state index in [4.69, 9.17) is 4.74 Å². The van der Waals surface area contributed by atoms with Gasteiger partial charge < -0.3 is 10.1 Å². The number of halogens is 2. The molecule has 0 atom stereocenters. The van der Waals surface area contributed by atoms with E-state index in [1.165, 1.54) is 47.0 Å². The molecule has 1 aromatic heterocycles. The molecule has 0 unspecified atom stereocenters. The predicted octanol–water partition coefficient (Wildman–Crippen LogP) is 2.40. The molecule has 3 aromatic rings. The Labute approximate surface area is 190 Å². The number of nitrogens with zero attached hydrogens (tertiary/aromatic N) is 4. The maximum atomic E-state index is 14.4. The number of esters is 1. The molecule has 170 valence electrons. The van der Waals surface area contributed by atoms with Gasteiger partial charge in [0, 0.05) is 18.8 Å². The smallest absolute Gasteiger partial charge is 0.324 e. The van der Waals surface area contributed by atoms with Crippen LogP contribution in [-0.2, 0) is 14.3 Å². The number of nitrogens with one attached hydrogen (secondary N) is 1. The van der Waals surface area contributed by atoms with Gasteiger partial charge in [0.25, 0.3) is 5.91 Å². The fourth-order valence-electron chi connectivity index (χ4n) is 3.10. The van der Waals surface area contributed by atoms with Crippen LogP contribution < -0.4 is 5.32 Å². The highest BCUT2D eigenvalue weighted by Crippen LogP contribution is 2.29. The van der Waals surface area contributed by atoms with Gasteiger partial charge in [-0.2, -0.15) is 0 Å². The first-order valence-electron chi connectivity index (χ1n) is 9.77. The van der Waals surface area contributed by atoms with Gasteiger partial charge in [0.15, 0.2) is 17.6 Å². The second-order valence-electron chi connectivity index (χ2n) is 6.82. The quantitative estimate of drug-likeness (QED) is 0.415. The molecule has 0 saturated carbocycles. The summed E-state index contributed by atoms with van der Waals surface area (Å²) in [6.45, 7) is -0.0146. The Bertz CT molecular complexity index is 1200. The van der Waals surface area contributed by atoms with Gasteiger partial charge in [0.05, 0.1) is 11.3 Å². The zero-order valence-electron chi connectivity index (χ0n) is 17.0. The van der Waals surface area contributed by atoms with Crippen LogP contribution >= 0.6 is 11.8 Å². The monoisotopic (exact) mass is 473 g/mol. The van der Waals surface area contributed by atoms with Crippen LogP contribution in [0.5, 0.6) is 0 Å². The number of rotatable bonds is 7.